The fraction of sp³-hybridized carbons (Fsp3) is 0.350. The van der Waals surface area contributed by atoms with Crippen LogP contribution < -0.4 is 15.5 Å². The molecule has 1 aromatic carbocycles. The van der Waals surface area contributed by atoms with Crippen molar-refractivity contribution >= 4 is 33.2 Å². The number of guanidine groups is 1. The topological polar surface area (TPSA) is 69.8 Å². The lowest BCUT2D eigenvalue weighted by Gasteiger charge is -2.19. The normalized spacial score (nSPS) is 17.3. The molecule has 0 bridgehead atoms. The van der Waals surface area contributed by atoms with Gasteiger partial charge in [0.15, 0.2) is 17.4 Å². The molecule has 1 unspecified atom stereocenters. The van der Waals surface area contributed by atoms with E-state index < -0.39 is 0 Å². The van der Waals surface area contributed by atoms with E-state index in [4.69, 9.17) is 0 Å². The van der Waals surface area contributed by atoms with Crippen molar-refractivity contribution in [2.24, 2.45) is 10.9 Å². The molecule has 0 saturated carbocycles. The minimum Gasteiger partial charge on any atom is -0.371 e. The Labute approximate surface area is 173 Å². The number of hydrogen-bond acceptors (Lipinski definition) is 4. The van der Waals surface area contributed by atoms with E-state index in [1.807, 2.05) is 28.8 Å². The summed E-state index contributed by atoms with van der Waals surface area (Å²) < 4.78 is 3.10. The summed E-state index contributed by atoms with van der Waals surface area (Å²) in [4.78, 5) is 6.77. The molecule has 2 N–H and O–H groups in total. The predicted octanol–water partition coefficient (Wildman–Crippen LogP) is 2.68. The van der Waals surface area contributed by atoms with Gasteiger partial charge < -0.3 is 15.5 Å². The molecule has 1 atom stereocenters. The van der Waals surface area contributed by atoms with Crippen LogP contribution in [0.5, 0.6) is 0 Å². The molecule has 1 fully saturated rings. The van der Waals surface area contributed by atoms with E-state index >= 15 is 0 Å². The number of aromatic nitrogens is 3. The van der Waals surface area contributed by atoms with Gasteiger partial charge in [-0.25, -0.2) is 0 Å². The third-order valence-corrected chi connectivity index (χ3v) is 5.53. The maximum Gasteiger partial charge on any atom is 0.191 e. The SMILES string of the molecule is CN=C(NCc1nnc2ccccn12)NCC1CCN(c2cccc(Br)c2)C1. The quantitative estimate of drug-likeness (QED) is 0.470. The lowest BCUT2D eigenvalue weighted by molar-refractivity contribution is 0.565. The zero-order valence-electron chi connectivity index (χ0n) is 15.8. The molecule has 8 heteroatoms. The standard InChI is InChI=1S/C20H24BrN7/c1-22-20(24-13-19-26-25-18-7-2-3-9-28(18)19)23-12-15-8-10-27(14-15)17-6-4-5-16(21)11-17/h2-7,9,11,15H,8,10,12-14H2,1H3,(H2,22,23,24). The molecule has 7 nitrogen and oxygen atoms in total. The Balaban J connectivity index is 1.28. The van der Waals surface area contributed by atoms with Crippen molar-refractivity contribution in [3.05, 3.63) is 59.0 Å². The van der Waals surface area contributed by atoms with E-state index in [1.54, 1.807) is 7.05 Å². The fourth-order valence-electron chi connectivity index (χ4n) is 3.54. The van der Waals surface area contributed by atoms with Crippen molar-refractivity contribution in [3.8, 4) is 0 Å². The summed E-state index contributed by atoms with van der Waals surface area (Å²) in [5.41, 5.74) is 2.12. The first kappa shape index (κ1) is 18.7. The van der Waals surface area contributed by atoms with Gasteiger partial charge in [-0.05, 0) is 42.7 Å². The highest BCUT2D eigenvalue weighted by molar-refractivity contribution is 9.10. The van der Waals surface area contributed by atoms with Gasteiger partial charge in [0, 0.05) is 43.0 Å². The van der Waals surface area contributed by atoms with Gasteiger partial charge >= 0.3 is 0 Å². The highest BCUT2D eigenvalue weighted by Gasteiger charge is 2.23. The Bertz CT molecular complexity index is 968. The van der Waals surface area contributed by atoms with Gasteiger partial charge in [-0.1, -0.05) is 28.1 Å². The van der Waals surface area contributed by atoms with E-state index in [0.717, 1.165) is 41.5 Å². The van der Waals surface area contributed by atoms with Gasteiger partial charge in [0.05, 0.1) is 6.54 Å². The number of aliphatic imine (C=N–C) groups is 1. The average molecular weight is 442 g/mol. The Morgan fingerprint density at radius 2 is 2.14 bits per heavy atom. The molecule has 1 saturated heterocycles. The van der Waals surface area contributed by atoms with Crippen LogP contribution in [0.4, 0.5) is 5.69 Å². The number of nitrogens with zero attached hydrogens (tertiary/aromatic N) is 5. The molecule has 0 aliphatic carbocycles. The average Bonchev–Trinajstić information content (AvgIpc) is 3.35. The zero-order chi connectivity index (χ0) is 19.3. The molecule has 1 aliphatic heterocycles. The third-order valence-electron chi connectivity index (χ3n) is 5.04. The van der Waals surface area contributed by atoms with Gasteiger partial charge in [-0.3, -0.25) is 9.39 Å². The van der Waals surface area contributed by atoms with Crippen molar-refractivity contribution in [1.82, 2.24) is 25.2 Å². The van der Waals surface area contributed by atoms with Crippen LogP contribution in [0, 0.1) is 5.92 Å². The number of halogens is 1. The summed E-state index contributed by atoms with van der Waals surface area (Å²) >= 11 is 3.56. The number of benzene rings is 1. The van der Waals surface area contributed by atoms with Crippen LogP contribution in [0.2, 0.25) is 0 Å². The summed E-state index contributed by atoms with van der Waals surface area (Å²) in [7, 11) is 1.79. The minimum absolute atomic E-state index is 0.569. The summed E-state index contributed by atoms with van der Waals surface area (Å²) in [6.45, 7) is 3.60. The molecular formula is C20H24BrN7. The maximum absolute atomic E-state index is 4.33. The molecule has 2 aromatic heterocycles. The Kier molecular flexibility index (Phi) is 5.76. The first-order valence-corrected chi connectivity index (χ1v) is 10.3. The lowest BCUT2D eigenvalue weighted by atomic mass is 10.1. The summed E-state index contributed by atoms with van der Waals surface area (Å²) in [5.74, 6) is 2.24. The highest BCUT2D eigenvalue weighted by Crippen LogP contribution is 2.25. The second kappa shape index (κ2) is 8.60. The molecule has 0 spiro atoms. The molecule has 3 aromatic rings. The Morgan fingerprint density at radius 3 is 3.00 bits per heavy atom. The van der Waals surface area contributed by atoms with Crippen LogP contribution >= 0.6 is 15.9 Å². The van der Waals surface area contributed by atoms with Crippen molar-refractivity contribution in [2.75, 3.05) is 31.6 Å². The highest BCUT2D eigenvalue weighted by atomic mass is 79.9. The number of anilines is 1. The van der Waals surface area contributed by atoms with Gasteiger partial charge in [0.25, 0.3) is 0 Å². The molecule has 3 heterocycles. The van der Waals surface area contributed by atoms with Crippen LogP contribution in [0.25, 0.3) is 5.65 Å². The van der Waals surface area contributed by atoms with E-state index in [1.165, 1.54) is 12.1 Å². The Morgan fingerprint density at radius 1 is 1.21 bits per heavy atom. The molecule has 146 valence electrons. The minimum atomic E-state index is 0.569. The van der Waals surface area contributed by atoms with Crippen LogP contribution in [0.1, 0.15) is 12.2 Å². The summed E-state index contributed by atoms with van der Waals surface area (Å²) in [6.07, 6.45) is 3.14. The number of pyridine rings is 1. The van der Waals surface area contributed by atoms with Gasteiger partial charge in [-0.15, -0.1) is 10.2 Å². The van der Waals surface area contributed by atoms with Crippen molar-refractivity contribution in [1.29, 1.82) is 0 Å². The van der Waals surface area contributed by atoms with Gasteiger partial charge in [0.2, 0.25) is 0 Å². The van der Waals surface area contributed by atoms with Crippen LogP contribution in [-0.4, -0.2) is 47.2 Å². The summed E-state index contributed by atoms with van der Waals surface area (Å²) in [6, 6.07) is 14.4. The zero-order valence-corrected chi connectivity index (χ0v) is 17.4. The number of rotatable bonds is 5. The molecule has 28 heavy (non-hydrogen) atoms. The van der Waals surface area contributed by atoms with E-state index in [0.29, 0.717) is 12.5 Å². The van der Waals surface area contributed by atoms with Crippen molar-refractivity contribution < 1.29 is 0 Å². The van der Waals surface area contributed by atoms with Crippen molar-refractivity contribution in [3.63, 3.8) is 0 Å². The number of fused-ring (bicyclic) bond motifs is 1. The van der Waals surface area contributed by atoms with E-state index in [9.17, 15) is 0 Å². The van der Waals surface area contributed by atoms with E-state index in [-0.39, 0.29) is 0 Å². The molecular weight excluding hydrogens is 418 g/mol. The molecule has 1 aliphatic rings. The van der Waals surface area contributed by atoms with Gasteiger partial charge in [-0.2, -0.15) is 0 Å². The first-order chi connectivity index (χ1) is 13.7. The third kappa shape index (κ3) is 4.27. The second-order valence-corrected chi connectivity index (χ2v) is 7.85. The Hall–Kier alpha value is -2.61. The molecule has 4 rings (SSSR count). The largest absolute Gasteiger partial charge is 0.371 e. The number of hydrogen-bond donors (Lipinski definition) is 2. The molecule has 0 amide bonds. The van der Waals surface area contributed by atoms with Crippen molar-refractivity contribution in [2.45, 2.75) is 13.0 Å². The predicted molar refractivity (Wildman–Crippen MR) is 116 cm³/mol. The summed E-state index contributed by atoms with van der Waals surface area (Å²) in [5, 5.41) is 15.2. The van der Waals surface area contributed by atoms with Crippen LogP contribution in [-0.2, 0) is 6.54 Å². The molecule has 0 radical (unpaired) electrons. The lowest BCUT2D eigenvalue weighted by Crippen LogP contribution is -2.40. The van der Waals surface area contributed by atoms with Crippen LogP contribution in [0.15, 0.2) is 58.1 Å². The smallest absolute Gasteiger partial charge is 0.191 e. The fourth-order valence-corrected chi connectivity index (χ4v) is 3.93. The van der Waals surface area contributed by atoms with E-state index in [2.05, 4.69) is 70.9 Å². The first-order valence-electron chi connectivity index (χ1n) is 9.46. The van der Waals surface area contributed by atoms with Gasteiger partial charge in [0.1, 0.15) is 0 Å². The second-order valence-electron chi connectivity index (χ2n) is 6.93. The number of nitrogens with one attached hydrogen (secondary N) is 2. The monoisotopic (exact) mass is 441 g/mol. The maximum atomic E-state index is 4.33. The van der Waals surface area contributed by atoms with Crippen LogP contribution in [0.3, 0.4) is 0 Å².